The van der Waals surface area contributed by atoms with Crippen LogP contribution in [0.15, 0.2) is 30.3 Å². The molecule has 0 radical (unpaired) electrons. The van der Waals surface area contributed by atoms with E-state index in [-0.39, 0.29) is 18.0 Å². The molecular formula is C24H42N4O3S2. The van der Waals surface area contributed by atoms with E-state index >= 15 is 0 Å². The van der Waals surface area contributed by atoms with Crippen LogP contribution in [0, 0.1) is 5.92 Å². The van der Waals surface area contributed by atoms with Crippen LogP contribution in [-0.2, 0) is 16.1 Å². The number of amides is 1. The predicted molar refractivity (Wildman–Crippen MR) is 142 cm³/mol. The number of thiol groups is 1. The van der Waals surface area contributed by atoms with E-state index in [2.05, 4.69) is 42.0 Å². The van der Waals surface area contributed by atoms with E-state index in [1.807, 2.05) is 43.5 Å². The second-order valence-corrected chi connectivity index (χ2v) is 9.97. The van der Waals surface area contributed by atoms with Gasteiger partial charge in [0, 0.05) is 37.5 Å². The molecule has 0 aromatic heterocycles. The van der Waals surface area contributed by atoms with Gasteiger partial charge in [-0.15, -0.1) is 0 Å². The van der Waals surface area contributed by atoms with Crippen LogP contribution >= 0.6 is 24.4 Å². The fourth-order valence-corrected chi connectivity index (χ4v) is 4.08. The molecule has 5 N–H and O–H groups in total. The van der Waals surface area contributed by atoms with Crippen LogP contribution < -0.4 is 16.4 Å². The number of carboxylic acid groups (broad SMARTS) is 1. The zero-order valence-electron chi connectivity index (χ0n) is 20.4. The highest BCUT2D eigenvalue weighted by molar-refractivity contribution is 7.98. The van der Waals surface area contributed by atoms with Gasteiger partial charge in [-0.25, -0.2) is 4.79 Å². The molecule has 188 valence electrons. The Morgan fingerprint density at radius 2 is 1.91 bits per heavy atom. The minimum atomic E-state index is -1.00. The average molecular weight is 499 g/mol. The molecule has 0 unspecified atom stereocenters. The van der Waals surface area contributed by atoms with Crippen molar-refractivity contribution in [3.05, 3.63) is 35.9 Å². The minimum absolute atomic E-state index is 0.0454. The first kappa shape index (κ1) is 29.8. The average Bonchev–Trinajstić information content (AvgIpc) is 2.82. The second-order valence-electron chi connectivity index (χ2n) is 8.61. The topological polar surface area (TPSA) is 108 Å². The highest BCUT2D eigenvalue weighted by Gasteiger charge is 2.29. The van der Waals surface area contributed by atoms with Crippen LogP contribution in [0.1, 0.15) is 39.2 Å². The molecule has 0 saturated carbocycles. The predicted octanol–water partition coefficient (Wildman–Crippen LogP) is 2.46. The third kappa shape index (κ3) is 11.1. The number of benzene rings is 1. The highest BCUT2D eigenvalue weighted by atomic mass is 32.2. The van der Waals surface area contributed by atoms with Crippen molar-refractivity contribution in [1.29, 1.82) is 0 Å². The quantitative estimate of drug-likeness (QED) is 0.210. The fraction of sp³-hybridized carbons (Fsp3) is 0.667. The van der Waals surface area contributed by atoms with Crippen LogP contribution in [0.3, 0.4) is 0 Å². The number of nitrogens with two attached hydrogens (primary N) is 1. The smallest absolute Gasteiger partial charge is 0.326 e. The molecule has 7 nitrogen and oxygen atoms in total. The van der Waals surface area contributed by atoms with Gasteiger partial charge in [0.15, 0.2) is 0 Å². The van der Waals surface area contributed by atoms with Crippen LogP contribution in [0.2, 0.25) is 0 Å². The molecule has 0 saturated heterocycles. The van der Waals surface area contributed by atoms with E-state index in [0.29, 0.717) is 43.5 Å². The van der Waals surface area contributed by atoms with Crippen molar-refractivity contribution >= 4 is 36.3 Å². The Morgan fingerprint density at radius 3 is 2.45 bits per heavy atom. The van der Waals surface area contributed by atoms with Gasteiger partial charge < -0.3 is 21.5 Å². The molecule has 0 aliphatic heterocycles. The number of carboxylic acids is 1. The van der Waals surface area contributed by atoms with Crippen molar-refractivity contribution in [3.8, 4) is 0 Å². The van der Waals surface area contributed by atoms with Crippen molar-refractivity contribution in [2.24, 2.45) is 11.7 Å². The summed E-state index contributed by atoms with van der Waals surface area (Å²) in [5, 5.41) is 15.9. The molecule has 5 atom stereocenters. The zero-order valence-corrected chi connectivity index (χ0v) is 22.1. The number of nitrogens with zero attached hydrogens (tertiary/aromatic N) is 1. The fourth-order valence-electron chi connectivity index (χ4n) is 3.48. The van der Waals surface area contributed by atoms with E-state index in [1.54, 1.807) is 11.8 Å². The zero-order chi connectivity index (χ0) is 24.8. The van der Waals surface area contributed by atoms with Crippen molar-refractivity contribution < 1.29 is 14.7 Å². The largest absolute Gasteiger partial charge is 0.480 e. The third-order valence-corrected chi connectivity index (χ3v) is 7.13. The molecule has 0 heterocycles. The number of carbonyl (C=O) groups excluding carboxylic acids is 1. The summed E-state index contributed by atoms with van der Waals surface area (Å²) in [7, 11) is 0. The first-order valence-electron chi connectivity index (χ1n) is 11.6. The summed E-state index contributed by atoms with van der Waals surface area (Å²) in [6, 6.07) is 8.72. The molecule has 1 aromatic carbocycles. The number of nitrogens with one attached hydrogen (secondary N) is 2. The Morgan fingerprint density at radius 1 is 1.24 bits per heavy atom. The lowest BCUT2D eigenvalue weighted by Gasteiger charge is -2.35. The van der Waals surface area contributed by atoms with Gasteiger partial charge in [-0.05, 0) is 36.8 Å². The van der Waals surface area contributed by atoms with Crippen LogP contribution in [0.25, 0.3) is 0 Å². The number of rotatable bonds is 17. The first-order chi connectivity index (χ1) is 15.7. The van der Waals surface area contributed by atoms with Crippen LogP contribution in [-0.4, -0.2) is 76.9 Å². The molecule has 0 bridgehead atoms. The summed E-state index contributed by atoms with van der Waals surface area (Å²) in [6.07, 6.45) is 3.31. The van der Waals surface area contributed by atoms with Crippen molar-refractivity contribution in [3.63, 3.8) is 0 Å². The second kappa shape index (κ2) is 16.4. The van der Waals surface area contributed by atoms with Gasteiger partial charge in [0.05, 0.1) is 6.04 Å². The summed E-state index contributed by atoms with van der Waals surface area (Å²) < 4.78 is 0. The number of hydrogen-bond acceptors (Lipinski definition) is 7. The molecule has 1 aromatic rings. The van der Waals surface area contributed by atoms with Gasteiger partial charge >= 0.3 is 5.97 Å². The molecular weight excluding hydrogens is 456 g/mol. The Kier molecular flexibility index (Phi) is 14.8. The first-order valence-corrected chi connectivity index (χ1v) is 13.7. The molecule has 33 heavy (non-hydrogen) atoms. The van der Waals surface area contributed by atoms with Gasteiger partial charge in [-0.2, -0.15) is 24.4 Å². The lowest BCUT2D eigenvalue weighted by molar-refractivity contribution is -0.142. The van der Waals surface area contributed by atoms with Crippen molar-refractivity contribution in [2.45, 2.75) is 64.3 Å². The maximum absolute atomic E-state index is 13.1. The van der Waals surface area contributed by atoms with E-state index in [1.165, 1.54) is 0 Å². The van der Waals surface area contributed by atoms with Gasteiger partial charge in [0.2, 0.25) is 5.91 Å². The number of hydrogen-bond donors (Lipinski definition) is 5. The maximum atomic E-state index is 13.1. The van der Waals surface area contributed by atoms with Crippen LogP contribution in [0.4, 0.5) is 0 Å². The maximum Gasteiger partial charge on any atom is 0.326 e. The number of carbonyl (C=O) groups is 2. The summed E-state index contributed by atoms with van der Waals surface area (Å²) in [5.41, 5.74) is 7.18. The number of aliphatic carboxylic acids is 1. The molecule has 1 amide bonds. The van der Waals surface area contributed by atoms with Gasteiger partial charge in [-0.3, -0.25) is 9.69 Å². The SMILES string of the molecule is CC[C@H](C)[C@@H](CN(Cc1ccccc1)[C@@H](C)C(=O)N[C@@H](CCSC)C(=O)O)NC[C@@H](N)CS. The van der Waals surface area contributed by atoms with E-state index in [0.717, 1.165) is 12.0 Å². The molecule has 0 fully saturated rings. The van der Waals surface area contributed by atoms with Crippen molar-refractivity contribution in [1.82, 2.24) is 15.5 Å². The lowest BCUT2D eigenvalue weighted by Crippen LogP contribution is -2.55. The van der Waals surface area contributed by atoms with Gasteiger partial charge in [-0.1, -0.05) is 50.6 Å². The van der Waals surface area contributed by atoms with E-state index < -0.39 is 18.1 Å². The summed E-state index contributed by atoms with van der Waals surface area (Å²) in [4.78, 5) is 26.9. The lowest BCUT2D eigenvalue weighted by atomic mass is 9.97. The standard InChI is InChI=1S/C24H42N4O3S2/c1-5-17(2)22(26-13-20(25)16-32)15-28(14-19-9-7-6-8-10-19)18(3)23(29)27-21(24(30)31)11-12-33-4/h6-10,17-18,20-22,26,32H,5,11-16,25H2,1-4H3,(H,27,29)(H,30,31)/t17-,18-,20+,21-,22+/m0/s1. The Hall–Kier alpha value is -1.26. The normalized spacial score (nSPS) is 16.1. The summed E-state index contributed by atoms with van der Waals surface area (Å²) >= 11 is 5.85. The Balaban J connectivity index is 3.05. The van der Waals surface area contributed by atoms with Crippen LogP contribution in [0.5, 0.6) is 0 Å². The molecule has 0 aliphatic carbocycles. The Bertz CT molecular complexity index is 696. The minimum Gasteiger partial charge on any atom is -0.480 e. The summed E-state index contributed by atoms with van der Waals surface area (Å²) in [5.74, 6) is 0.372. The highest BCUT2D eigenvalue weighted by Crippen LogP contribution is 2.15. The molecule has 1 rings (SSSR count). The monoisotopic (exact) mass is 498 g/mol. The van der Waals surface area contributed by atoms with Gasteiger partial charge in [0.1, 0.15) is 6.04 Å². The van der Waals surface area contributed by atoms with Crippen molar-refractivity contribution in [2.75, 3.05) is 30.9 Å². The summed E-state index contributed by atoms with van der Waals surface area (Å²) in [6.45, 7) is 8.06. The number of thioether (sulfide) groups is 1. The third-order valence-electron chi connectivity index (χ3n) is 6.02. The van der Waals surface area contributed by atoms with E-state index in [4.69, 9.17) is 5.73 Å². The Labute approximate surface area is 209 Å². The van der Waals surface area contributed by atoms with E-state index in [9.17, 15) is 14.7 Å². The van der Waals surface area contributed by atoms with Gasteiger partial charge in [0.25, 0.3) is 0 Å². The molecule has 9 heteroatoms. The molecule has 0 aliphatic rings. The molecule has 0 spiro atoms.